The molecule has 0 aliphatic heterocycles. The lowest BCUT2D eigenvalue weighted by Gasteiger charge is -2.06. The van der Waals surface area contributed by atoms with E-state index in [4.69, 9.17) is 5.73 Å². The van der Waals surface area contributed by atoms with Crippen LogP contribution in [0.15, 0.2) is 24.3 Å². The highest BCUT2D eigenvalue weighted by Crippen LogP contribution is 2.02. The SMILES string of the molecule is NCCC(=O)NCCCNC(=O)c1cccc(F)c1. The Morgan fingerprint density at radius 3 is 2.63 bits per heavy atom. The zero-order valence-electron chi connectivity index (χ0n) is 10.6. The van der Waals surface area contributed by atoms with Crippen molar-refractivity contribution in [3.8, 4) is 0 Å². The molecule has 6 heteroatoms. The highest BCUT2D eigenvalue weighted by molar-refractivity contribution is 5.94. The van der Waals surface area contributed by atoms with Crippen molar-refractivity contribution >= 4 is 11.8 Å². The Labute approximate surface area is 111 Å². The summed E-state index contributed by atoms with van der Waals surface area (Å²) in [6.07, 6.45) is 0.910. The molecule has 1 rings (SSSR count). The molecule has 0 aliphatic rings. The fourth-order valence-corrected chi connectivity index (χ4v) is 1.47. The maximum Gasteiger partial charge on any atom is 0.251 e. The Hall–Kier alpha value is -1.95. The van der Waals surface area contributed by atoms with Crippen LogP contribution in [0.1, 0.15) is 23.2 Å². The summed E-state index contributed by atoms with van der Waals surface area (Å²) < 4.78 is 12.9. The van der Waals surface area contributed by atoms with Gasteiger partial charge in [-0.3, -0.25) is 9.59 Å². The van der Waals surface area contributed by atoms with Crippen molar-refractivity contribution in [3.63, 3.8) is 0 Å². The smallest absolute Gasteiger partial charge is 0.251 e. The molecule has 0 aliphatic carbocycles. The van der Waals surface area contributed by atoms with Crippen LogP contribution in [0.4, 0.5) is 4.39 Å². The average molecular weight is 267 g/mol. The molecule has 0 heterocycles. The number of nitrogens with two attached hydrogens (primary N) is 1. The van der Waals surface area contributed by atoms with Crippen LogP contribution in [-0.2, 0) is 4.79 Å². The molecule has 0 radical (unpaired) electrons. The maximum atomic E-state index is 12.9. The van der Waals surface area contributed by atoms with E-state index in [-0.39, 0.29) is 17.4 Å². The summed E-state index contributed by atoms with van der Waals surface area (Å²) in [7, 11) is 0. The van der Waals surface area contributed by atoms with E-state index in [1.807, 2.05) is 0 Å². The second-order valence-electron chi connectivity index (χ2n) is 4.01. The Balaban J connectivity index is 2.19. The molecule has 1 aromatic rings. The fourth-order valence-electron chi connectivity index (χ4n) is 1.47. The largest absolute Gasteiger partial charge is 0.356 e. The molecular formula is C13H18FN3O2. The van der Waals surface area contributed by atoms with E-state index >= 15 is 0 Å². The van der Waals surface area contributed by atoms with Crippen molar-refractivity contribution in [2.75, 3.05) is 19.6 Å². The van der Waals surface area contributed by atoms with E-state index < -0.39 is 5.82 Å². The van der Waals surface area contributed by atoms with Crippen molar-refractivity contribution in [1.29, 1.82) is 0 Å². The Kier molecular flexibility index (Phi) is 6.52. The van der Waals surface area contributed by atoms with E-state index in [1.165, 1.54) is 18.2 Å². The molecule has 1 aromatic carbocycles. The van der Waals surface area contributed by atoms with Crippen LogP contribution in [0, 0.1) is 5.82 Å². The first-order valence-corrected chi connectivity index (χ1v) is 6.14. The third-order valence-electron chi connectivity index (χ3n) is 2.42. The molecule has 0 saturated carbocycles. The molecule has 0 unspecified atom stereocenters. The van der Waals surface area contributed by atoms with Gasteiger partial charge in [0, 0.05) is 31.6 Å². The van der Waals surface area contributed by atoms with Crippen LogP contribution in [0.5, 0.6) is 0 Å². The topological polar surface area (TPSA) is 84.2 Å². The first-order chi connectivity index (χ1) is 9.13. The van der Waals surface area contributed by atoms with Crippen LogP contribution >= 0.6 is 0 Å². The lowest BCUT2D eigenvalue weighted by molar-refractivity contribution is -0.120. The number of carbonyl (C=O) groups excluding carboxylic acids is 2. The summed E-state index contributed by atoms with van der Waals surface area (Å²) in [6.45, 7) is 1.21. The normalized spacial score (nSPS) is 10.0. The minimum absolute atomic E-state index is 0.0982. The monoisotopic (exact) mass is 267 g/mol. The molecular weight excluding hydrogens is 249 g/mol. The molecule has 2 amide bonds. The van der Waals surface area contributed by atoms with Gasteiger partial charge < -0.3 is 16.4 Å². The molecule has 19 heavy (non-hydrogen) atoms. The number of hydrogen-bond acceptors (Lipinski definition) is 3. The number of rotatable bonds is 7. The van der Waals surface area contributed by atoms with E-state index in [1.54, 1.807) is 6.07 Å². The van der Waals surface area contributed by atoms with Crippen molar-refractivity contribution in [3.05, 3.63) is 35.6 Å². The lowest BCUT2D eigenvalue weighted by atomic mass is 10.2. The standard InChI is InChI=1S/C13H18FN3O2/c14-11-4-1-3-10(9-11)13(19)17-8-2-7-16-12(18)5-6-15/h1,3-4,9H,2,5-8,15H2,(H,16,18)(H,17,19). The summed E-state index contributed by atoms with van der Waals surface area (Å²) in [6, 6.07) is 5.49. The van der Waals surface area contributed by atoms with Gasteiger partial charge in [0.2, 0.25) is 5.91 Å². The molecule has 0 aromatic heterocycles. The first kappa shape index (κ1) is 15.1. The van der Waals surface area contributed by atoms with Crippen LogP contribution in [0.2, 0.25) is 0 Å². The van der Waals surface area contributed by atoms with Crippen LogP contribution in [-0.4, -0.2) is 31.4 Å². The van der Waals surface area contributed by atoms with Crippen molar-refractivity contribution < 1.29 is 14.0 Å². The minimum atomic E-state index is -0.443. The molecule has 0 saturated heterocycles. The summed E-state index contributed by atoms with van der Waals surface area (Å²) in [5.74, 6) is -0.867. The van der Waals surface area contributed by atoms with Gasteiger partial charge in [-0.15, -0.1) is 0 Å². The van der Waals surface area contributed by atoms with Crippen LogP contribution < -0.4 is 16.4 Å². The summed E-state index contributed by atoms with van der Waals surface area (Å²) >= 11 is 0. The Morgan fingerprint density at radius 1 is 1.21 bits per heavy atom. The highest BCUT2D eigenvalue weighted by Gasteiger charge is 2.05. The predicted octanol–water partition coefficient (Wildman–Crippen LogP) is 0.411. The third kappa shape index (κ3) is 5.96. The highest BCUT2D eigenvalue weighted by atomic mass is 19.1. The summed E-state index contributed by atoms with van der Waals surface area (Å²) in [5, 5.41) is 5.33. The molecule has 0 spiro atoms. The summed E-state index contributed by atoms with van der Waals surface area (Å²) in [4.78, 5) is 22.7. The van der Waals surface area contributed by atoms with Gasteiger partial charge in [-0.2, -0.15) is 0 Å². The van der Waals surface area contributed by atoms with Crippen LogP contribution in [0.25, 0.3) is 0 Å². The van der Waals surface area contributed by atoms with E-state index in [0.717, 1.165) is 0 Å². The average Bonchev–Trinajstić information content (AvgIpc) is 2.38. The van der Waals surface area contributed by atoms with E-state index in [9.17, 15) is 14.0 Å². The molecule has 4 N–H and O–H groups in total. The zero-order chi connectivity index (χ0) is 14.1. The van der Waals surface area contributed by atoms with Crippen molar-refractivity contribution in [2.24, 2.45) is 5.73 Å². The number of benzene rings is 1. The van der Waals surface area contributed by atoms with Gasteiger partial charge >= 0.3 is 0 Å². The van der Waals surface area contributed by atoms with Gasteiger partial charge in [0.15, 0.2) is 0 Å². The molecule has 104 valence electrons. The van der Waals surface area contributed by atoms with Crippen molar-refractivity contribution in [1.82, 2.24) is 10.6 Å². The van der Waals surface area contributed by atoms with Gasteiger partial charge in [-0.1, -0.05) is 6.07 Å². The maximum absolute atomic E-state index is 12.9. The zero-order valence-corrected chi connectivity index (χ0v) is 10.6. The number of halogens is 1. The first-order valence-electron chi connectivity index (χ1n) is 6.14. The minimum Gasteiger partial charge on any atom is -0.356 e. The second-order valence-corrected chi connectivity index (χ2v) is 4.01. The van der Waals surface area contributed by atoms with E-state index in [2.05, 4.69) is 10.6 Å². The fraction of sp³-hybridized carbons (Fsp3) is 0.385. The number of hydrogen-bond donors (Lipinski definition) is 3. The molecule has 5 nitrogen and oxygen atoms in total. The Bertz CT molecular complexity index is 438. The predicted molar refractivity (Wildman–Crippen MR) is 70.0 cm³/mol. The number of carbonyl (C=O) groups is 2. The quantitative estimate of drug-likeness (QED) is 0.626. The van der Waals surface area contributed by atoms with Gasteiger partial charge in [-0.05, 0) is 24.6 Å². The second kappa shape index (κ2) is 8.20. The lowest BCUT2D eigenvalue weighted by Crippen LogP contribution is -2.30. The molecule has 0 bridgehead atoms. The number of nitrogens with one attached hydrogen (secondary N) is 2. The summed E-state index contributed by atoms with van der Waals surface area (Å²) in [5.41, 5.74) is 5.51. The third-order valence-corrected chi connectivity index (χ3v) is 2.42. The van der Waals surface area contributed by atoms with Crippen molar-refractivity contribution in [2.45, 2.75) is 12.8 Å². The molecule has 0 atom stereocenters. The molecule has 0 fully saturated rings. The van der Waals surface area contributed by atoms with E-state index in [0.29, 0.717) is 32.5 Å². The van der Waals surface area contributed by atoms with Crippen LogP contribution in [0.3, 0.4) is 0 Å². The van der Waals surface area contributed by atoms with Gasteiger partial charge in [0.1, 0.15) is 5.82 Å². The number of amides is 2. The Morgan fingerprint density at radius 2 is 1.95 bits per heavy atom. The van der Waals surface area contributed by atoms with Gasteiger partial charge in [-0.25, -0.2) is 4.39 Å². The van der Waals surface area contributed by atoms with Gasteiger partial charge in [0.05, 0.1) is 0 Å². The van der Waals surface area contributed by atoms with Gasteiger partial charge in [0.25, 0.3) is 5.91 Å².